The van der Waals surface area contributed by atoms with Crippen LogP contribution in [0.25, 0.3) is 0 Å². The van der Waals surface area contributed by atoms with Gasteiger partial charge in [-0.3, -0.25) is 4.79 Å². The molecule has 1 N–H and O–H groups in total. The van der Waals surface area contributed by atoms with Crippen molar-refractivity contribution in [3.8, 4) is 5.75 Å². The van der Waals surface area contributed by atoms with Gasteiger partial charge in [0.25, 0.3) is 5.91 Å². The van der Waals surface area contributed by atoms with Gasteiger partial charge < -0.3 is 14.8 Å². The Labute approximate surface area is 151 Å². The Morgan fingerprint density at radius 3 is 2.64 bits per heavy atom. The number of Topliss-reactive ketones (excluding diaryl/α,β-unsaturated/α-hetero) is 1. The molecule has 4 heteroatoms. The molecule has 1 aliphatic rings. The van der Waals surface area contributed by atoms with E-state index in [9.17, 15) is 9.59 Å². The molecule has 138 valence electrons. The summed E-state index contributed by atoms with van der Waals surface area (Å²) >= 11 is 0. The van der Waals surface area contributed by atoms with E-state index < -0.39 is 0 Å². The lowest BCUT2D eigenvalue weighted by Gasteiger charge is -2.21. The first kappa shape index (κ1) is 19.5. The molecule has 0 aromatic heterocycles. The molecule has 2 unspecified atom stereocenters. The van der Waals surface area contributed by atoms with Gasteiger partial charge in [0.1, 0.15) is 11.5 Å². The summed E-state index contributed by atoms with van der Waals surface area (Å²) in [6.45, 7) is 3.87. The third kappa shape index (κ3) is 6.89. The topological polar surface area (TPSA) is 55.4 Å². The van der Waals surface area contributed by atoms with E-state index in [1.54, 1.807) is 6.92 Å². The highest BCUT2D eigenvalue weighted by molar-refractivity contribution is 5.78. The van der Waals surface area contributed by atoms with Gasteiger partial charge in [-0.2, -0.15) is 0 Å². The van der Waals surface area contributed by atoms with E-state index >= 15 is 0 Å². The number of aryl methyl sites for hydroxylation is 1. The van der Waals surface area contributed by atoms with Gasteiger partial charge in [0, 0.05) is 12.5 Å². The van der Waals surface area contributed by atoms with Crippen molar-refractivity contribution in [2.24, 2.45) is 5.92 Å². The maximum atomic E-state index is 12.2. The van der Waals surface area contributed by atoms with Crippen LogP contribution in [-0.4, -0.2) is 24.3 Å². The van der Waals surface area contributed by atoms with Gasteiger partial charge >= 0.3 is 0 Å². The van der Waals surface area contributed by atoms with Gasteiger partial charge in [0.05, 0.1) is 0 Å². The minimum absolute atomic E-state index is 0.0333. The lowest BCUT2D eigenvalue weighted by Crippen LogP contribution is -2.40. The van der Waals surface area contributed by atoms with Gasteiger partial charge in [-0.25, -0.2) is 0 Å². The van der Waals surface area contributed by atoms with Crippen LogP contribution in [0, 0.1) is 5.92 Å². The normalized spacial score (nSPS) is 19.6. The molecule has 1 aromatic carbocycles. The molecule has 25 heavy (non-hydrogen) atoms. The fourth-order valence-corrected chi connectivity index (χ4v) is 3.51. The summed E-state index contributed by atoms with van der Waals surface area (Å²) in [6.07, 6.45) is 8.50. The van der Waals surface area contributed by atoms with Crippen LogP contribution in [-0.2, 0) is 16.0 Å². The molecule has 0 heterocycles. The van der Waals surface area contributed by atoms with E-state index in [2.05, 4.69) is 12.2 Å². The first-order valence-corrected chi connectivity index (χ1v) is 9.59. The first-order chi connectivity index (χ1) is 12.1. The summed E-state index contributed by atoms with van der Waals surface area (Å²) in [4.78, 5) is 23.2. The van der Waals surface area contributed by atoms with Crippen molar-refractivity contribution in [2.75, 3.05) is 6.61 Å². The summed E-state index contributed by atoms with van der Waals surface area (Å²) in [6, 6.07) is 7.95. The highest BCUT2D eigenvalue weighted by atomic mass is 16.5. The Bertz CT molecular complexity index is 553. The fourth-order valence-electron chi connectivity index (χ4n) is 3.51. The lowest BCUT2D eigenvalue weighted by molar-refractivity contribution is -0.124. The molecule has 0 saturated heterocycles. The van der Waals surface area contributed by atoms with Crippen molar-refractivity contribution < 1.29 is 14.3 Å². The molecule has 1 saturated carbocycles. The van der Waals surface area contributed by atoms with Crippen LogP contribution >= 0.6 is 0 Å². The van der Waals surface area contributed by atoms with Crippen molar-refractivity contribution in [1.29, 1.82) is 0 Å². The molecule has 0 spiro atoms. The van der Waals surface area contributed by atoms with Crippen LogP contribution in [0.1, 0.15) is 64.4 Å². The molecule has 2 atom stereocenters. The van der Waals surface area contributed by atoms with E-state index in [1.165, 1.54) is 32.1 Å². The minimum atomic E-state index is -0.0333. The third-order valence-electron chi connectivity index (χ3n) is 4.99. The highest BCUT2D eigenvalue weighted by Gasteiger charge is 2.27. The van der Waals surface area contributed by atoms with Crippen LogP contribution in [0.2, 0.25) is 0 Å². The predicted molar refractivity (Wildman–Crippen MR) is 99.7 cm³/mol. The lowest BCUT2D eigenvalue weighted by atomic mass is 9.97. The Morgan fingerprint density at radius 2 is 1.96 bits per heavy atom. The van der Waals surface area contributed by atoms with E-state index in [0.29, 0.717) is 24.1 Å². The molecule has 4 nitrogen and oxygen atoms in total. The Kier molecular flexibility index (Phi) is 7.96. The van der Waals surface area contributed by atoms with E-state index in [0.717, 1.165) is 18.4 Å². The number of ketones is 1. The summed E-state index contributed by atoms with van der Waals surface area (Å²) < 4.78 is 5.60. The van der Waals surface area contributed by atoms with E-state index in [4.69, 9.17) is 4.74 Å². The van der Waals surface area contributed by atoms with Gasteiger partial charge in [0.15, 0.2) is 6.61 Å². The number of carbonyl (C=O) groups excluding carboxylic acids is 2. The summed E-state index contributed by atoms with van der Waals surface area (Å²) in [5.41, 5.74) is 1.11. The quantitative estimate of drug-likeness (QED) is 0.696. The van der Waals surface area contributed by atoms with Gasteiger partial charge in [0.2, 0.25) is 0 Å². The number of rotatable bonds is 10. The third-order valence-corrected chi connectivity index (χ3v) is 4.99. The average molecular weight is 345 g/mol. The second-order valence-corrected chi connectivity index (χ2v) is 7.14. The molecule has 0 aliphatic heterocycles. The van der Waals surface area contributed by atoms with Crippen LogP contribution < -0.4 is 10.1 Å². The van der Waals surface area contributed by atoms with Gasteiger partial charge in [-0.1, -0.05) is 38.3 Å². The zero-order chi connectivity index (χ0) is 18.1. The average Bonchev–Trinajstić information content (AvgIpc) is 3.04. The summed E-state index contributed by atoms with van der Waals surface area (Å²) in [5.74, 6) is 1.48. The van der Waals surface area contributed by atoms with Crippen molar-refractivity contribution >= 4 is 11.7 Å². The molecule has 1 aliphatic carbocycles. The number of carbonyl (C=O) groups is 2. The molecular weight excluding hydrogens is 314 g/mol. The standard InChI is InChI=1S/C21H31NO3/c1-3-4-6-18-7-5-8-20(18)22-21(24)15-25-19-13-11-17(12-14-19)10-9-16(2)23/h11-14,18,20H,3-10,15H2,1-2H3,(H,22,24). The Hall–Kier alpha value is -1.84. The Balaban J connectivity index is 1.73. The molecule has 0 radical (unpaired) electrons. The molecular formula is C21H31NO3. The van der Waals surface area contributed by atoms with Gasteiger partial charge in [-0.05, 0) is 56.2 Å². The van der Waals surface area contributed by atoms with Crippen molar-refractivity contribution in [1.82, 2.24) is 5.32 Å². The monoisotopic (exact) mass is 345 g/mol. The number of hydrogen-bond donors (Lipinski definition) is 1. The summed E-state index contributed by atoms with van der Waals surface area (Å²) in [5, 5.41) is 3.15. The van der Waals surface area contributed by atoms with Crippen molar-refractivity contribution in [3.05, 3.63) is 29.8 Å². The number of unbranched alkanes of at least 4 members (excludes halogenated alkanes) is 1. The fraction of sp³-hybridized carbons (Fsp3) is 0.619. The SMILES string of the molecule is CCCCC1CCCC1NC(=O)COc1ccc(CCC(C)=O)cc1. The van der Waals surface area contributed by atoms with Gasteiger partial charge in [-0.15, -0.1) is 0 Å². The van der Waals surface area contributed by atoms with Crippen molar-refractivity contribution in [3.63, 3.8) is 0 Å². The molecule has 1 aromatic rings. The Morgan fingerprint density at radius 1 is 1.20 bits per heavy atom. The summed E-state index contributed by atoms with van der Waals surface area (Å²) in [7, 11) is 0. The van der Waals surface area contributed by atoms with Crippen LogP contribution in [0.4, 0.5) is 0 Å². The zero-order valence-electron chi connectivity index (χ0n) is 15.6. The molecule has 1 amide bonds. The van der Waals surface area contributed by atoms with Crippen molar-refractivity contribution in [2.45, 2.75) is 71.3 Å². The number of nitrogens with one attached hydrogen (secondary N) is 1. The number of hydrogen-bond acceptors (Lipinski definition) is 3. The molecule has 2 rings (SSSR count). The molecule has 0 bridgehead atoms. The van der Waals surface area contributed by atoms with E-state index in [-0.39, 0.29) is 18.3 Å². The predicted octanol–water partition coefficient (Wildman–Crippen LogP) is 4.06. The zero-order valence-corrected chi connectivity index (χ0v) is 15.6. The second kappa shape index (κ2) is 10.2. The number of amides is 1. The first-order valence-electron chi connectivity index (χ1n) is 9.59. The van der Waals surface area contributed by atoms with Crippen LogP contribution in [0.3, 0.4) is 0 Å². The minimum Gasteiger partial charge on any atom is -0.484 e. The van der Waals surface area contributed by atoms with Crippen LogP contribution in [0.15, 0.2) is 24.3 Å². The number of ether oxygens (including phenoxy) is 1. The second-order valence-electron chi connectivity index (χ2n) is 7.14. The molecule has 1 fully saturated rings. The largest absolute Gasteiger partial charge is 0.484 e. The van der Waals surface area contributed by atoms with Crippen LogP contribution in [0.5, 0.6) is 5.75 Å². The van der Waals surface area contributed by atoms with E-state index in [1.807, 2.05) is 24.3 Å². The maximum Gasteiger partial charge on any atom is 0.258 e. The highest BCUT2D eigenvalue weighted by Crippen LogP contribution is 2.29. The number of benzene rings is 1. The smallest absolute Gasteiger partial charge is 0.258 e. The maximum absolute atomic E-state index is 12.2.